The van der Waals surface area contributed by atoms with Crippen molar-refractivity contribution in [2.24, 2.45) is 0 Å². The van der Waals surface area contributed by atoms with Crippen LogP contribution in [0.4, 0.5) is 5.69 Å². The summed E-state index contributed by atoms with van der Waals surface area (Å²) in [5.41, 5.74) is 1.50. The second-order valence-corrected chi connectivity index (χ2v) is 4.51. The van der Waals surface area contributed by atoms with Gasteiger partial charge in [-0.25, -0.2) is 0 Å². The van der Waals surface area contributed by atoms with Crippen molar-refractivity contribution in [3.8, 4) is 5.75 Å². The van der Waals surface area contributed by atoms with E-state index in [1.165, 1.54) is 6.08 Å². The van der Waals surface area contributed by atoms with Crippen LogP contribution in [-0.4, -0.2) is 13.0 Å². The van der Waals surface area contributed by atoms with E-state index in [4.69, 9.17) is 16.3 Å². The molecule has 0 aliphatic heterocycles. The van der Waals surface area contributed by atoms with Crippen LogP contribution in [-0.2, 0) is 4.79 Å². The first-order valence-electron chi connectivity index (χ1n) is 6.06. The Hall–Kier alpha value is -2.26. The Morgan fingerprint density at radius 2 is 2.00 bits per heavy atom. The Morgan fingerprint density at radius 3 is 2.75 bits per heavy atom. The topological polar surface area (TPSA) is 38.3 Å². The number of amides is 1. The number of hydrogen-bond donors (Lipinski definition) is 1. The lowest BCUT2D eigenvalue weighted by Gasteiger charge is -2.07. The Morgan fingerprint density at radius 1 is 1.20 bits per heavy atom. The zero-order valence-corrected chi connectivity index (χ0v) is 11.7. The van der Waals surface area contributed by atoms with Gasteiger partial charge in [0.05, 0.1) is 12.8 Å². The summed E-state index contributed by atoms with van der Waals surface area (Å²) in [6.45, 7) is 0. The smallest absolute Gasteiger partial charge is 0.248 e. The van der Waals surface area contributed by atoms with Crippen molar-refractivity contribution < 1.29 is 9.53 Å². The van der Waals surface area contributed by atoms with Gasteiger partial charge in [-0.3, -0.25) is 4.79 Å². The van der Waals surface area contributed by atoms with Crippen LogP contribution in [0, 0.1) is 0 Å². The fraction of sp³-hybridized carbons (Fsp3) is 0.0625. The van der Waals surface area contributed by atoms with Crippen LogP contribution >= 0.6 is 11.6 Å². The molecule has 1 amide bonds. The highest BCUT2D eigenvalue weighted by molar-refractivity contribution is 6.30. The molecule has 20 heavy (non-hydrogen) atoms. The number of anilines is 1. The zero-order valence-electron chi connectivity index (χ0n) is 11.0. The third-order valence-corrected chi connectivity index (χ3v) is 2.88. The van der Waals surface area contributed by atoms with Crippen LogP contribution in [0.1, 0.15) is 5.56 Å². The van der Waals surface area contributed by atoms with Gasteiger partial charge in [-0.1, -0.05) is 35.9 Å². The molecule has 4 heteroatoms. The van der Waals surface area contributed by atoms with E-state index in [1.807, 2.05) is 24.3 Å². The van der Waals surface area contributed by atoms with Crippen molar-refractivity contribution in [2.75, 3.05) is 12.4 Å². The van der Waals surface area contributed by atoms with Crippen molar-refractivity contribution >= 4 is 29.3 Å². The number of nitrogens with one attached hydrogen (secondary N) is 1. The van der Waals surface area contributed by atoms with Gasteiger partial charge in [-0.2, -0.15) is 0 Å². The van der Waals surface area contributed by atoms with Gasteiger partial charge in [-0.05, 0) is 35.9 Å². The van der Waals surface area contributed by atoms with Crippen molar-refractivity contribution in [2.45, 2.75) is 0 Å². The second-order valence-electron chi connectivity index (χ2n) is 4.08. The molecule has 0 heterocycles. The lowest BCUT2D eigenvalue weighted by Crippen LogP contribution is -2.08. The molecule has 0 saturated heterocycles. The molecule has 0 spiro atoms. The van der Waals surface area contributed by atoms with Gasteiger partial charge in [0.2, 0.25) is 5.91 Å². The number of hydrogen-bond acceptors (Lipinski definition) is 2. The maximum absolute atomic E-state index is 11.9. The van der Waals surface area contributed by atoms with E-state index in [2.05, 4.69) is 5.32 Å². The molecule has 0 bridgehead atoms. The number of ether oxygens (including phenoxy) is 1. The minimum Gasteiger partial charge on any atom is -0.495 e. The molecular weight excluding hydrogens is 274 g/mol. The molecule has 0 aromatic heterocycles. The van der Waals surface area contributed by atoms with Gasteiger partial charge in [0.25, 0.3) is 0 Å². The van der Waals surface area contributed by atoms with Gasteiger partial charge >= 0.3 is 0 Å². The molecule has 0 saturated carbocycles. The summed E-state index contributed by atoms with van der Waals surface area (Å²) < 4.78 is 5.17. The standard InChI is InChI=1S/C16H14ClNO2/c1-20-15-8-3-2-7-14(15)18-16(19)10-9-12-5-4-6-13(17)11-12/h2-11H,1H3,(H,18,19)/b10-9+. The monoisotopic (exact) mass is 287 g/mol. The number of methoxy groups -OCH3 is 1. The summed E-state index contributed by atoms with van der Waals surface area (Å²) in [7, 11) is 1.56. The predicted octanol–water partition coefficient (Wildman–Crippen LogP) is 4.00. The van der Waals surface area contributed by atoms with Crippen LogP contribution in [0.2, 0.25) is 5.02 Å². The Balaban J connectivity index is 2.06. The third kappa shape index (κ3) is 3.87. The molecule has 0 aliphatic carbocycles. The highest BCUT2D eigenvalue weighted by atomic mass is 35.5. The largest absolute Gasteiger partial charge is 0.495 e. The Kier molecular flexibility index (Phi) is 4.80. The van der Waals surface area contributed by atoms with Gasteiger partial charge in [0, 0.05) is 11.1 Å². The van der Waals surface area contributed by atoms with E-state index in [1.54, 1.807) is 37.5 Å². The van der Waals surface area contributed by atoms with E-state index in [0.717, 1.165) is 5.56 Å². The molecule has 2 rings (SSSR count). The number of para-hydroxylation sites is 2. The molecule has 2 aromatic rings. The summed E-state index contributed by atoms with van der Waals surface area (Å²) in [4.78, 5) is 11.9. The van der Waals surface area contributed by atoms with E-state index in [0.29, 0.717) is 16.5 Å². The van der Waals surface area contributed by atoms with E-state index >= 15 is 0 Å². The fourth-order valence-corrected chi connectivity index (χ4v) is 1.90. The maximum Gasteiger partial charge on any atom is 0.248 e. The van der Waals surface area contributed by atoms with Crippen molar-refractivity contribution in [1.82, 2.24) is 0 Å². The summed E-state index contributed by atoms with van der Waals surface area (Å²) in [6, 6.07) is 14.5. The maximum atomic E-state index is 11.9. The van der Waals surface area contributed by atoms with Gasteiger partial charge < -0.3 is 10.1 Å². The lowest BCUT2D eigenvalue weighted by atomic mass is 10.2. The van der Waals surface area contributed by atoms with Crippen LogP contribution in [0.15, 0.2) is 54.6 Å². The third-order valence-electron chi connectivity index (χ3n) is 2.64. The normalized spacial score (nSPS) is 10.5. The molecule has 102 valence electrons. The predicted molar refractivity (Wildman–Crippen MR) is 82.1 cm³/mol. The quantitative estimate of drug-likeness (QED) is 0.863. The molecule has 0 aliphatic rings. The first-order chi connectivity index (χ1) is 9.69. The van der Waals surface area contributed by atoms with Crippen LogP contribution in [0.25, 0.3) is 6.08 Å². The summed E-state index contributed by atoms with van der Waals surface area (Å²) in [5.74, 6) is 0.395. The van der Waals surface area contributed by atoms with Gasteiger partial charge in [-0.15, -0.1) is 0 Å². The number of rotatable bonds is 4. The first-order valence-corrected chi connectivity index (χ1v) is 6.44. The summed E-state index contributed by atoms with van der Waals surface area (Å²) in [5, 5.41) is 3.40. The minimum atomic E-state index is -0.227. The lowest BCUT2D eigenvalue weighted by molar-refractivity contribution is -0.111. The molecule has 0 unspecified atom stereocenters. The number of halogens is 1. The molecule has 0 radical (unpaired) electrons. The molecular formula is C16H14ClNO2. The second kappa shape index (κ2) is 6.78. The summed E-state index contributed by atoms with van der Waals surface area (Å²) >= 11 is 5.88. The molecule has 1 N–H and O–H groups in total. The average molecular weight is 288 g/mol. The molecule has 2 aromatic carbocycles. The first kappa shape index (κ1) is 14.2. The number of carbonyl (C=O) groups is 1. The van der Waals surface area contributed by atoms with Crippen LogP contribution in [0.5, 0.6) is 5.75 Å². The van der Waals surface area contributed by atoms with E-state index in [9.17, 15) is 4.79 Å². The van der Waals surface area contributed by atoms with Crippen molar-refractivity contribution in [1.29, 1.82) is 0 Å². The highest BCUT2D eigenvalue weighted by Gasteiger charge is 2.03. The van der Waals surface area contributed by atoms with E-state index < -0.39 is 0 Å². The molecule has 3 nitrogen and oxygen atoms in total. The van der Waals surface area contributed by atoms with E-state index in [-0.39, 0.29) is 5.91 Å². The van der Waals surface area contributed by atoms with Crippen molar-refractivity contribution in [3.05, 3.63) is 65.2 Å². The minimum absolute atomic E-state index is 0.227. The number of benzene rings is 2. The Labute approximate surface area is 122 Å². The van der Waals surface area contributed by atoms with Crippen molar-refractivity contribution in [3.63, 3.8) is 0 Å². The molecule has 0 fully saturated rings. The van der Waals surface area contributed by atoms with Crippen LogP contribution in [0.3, 0.4) is 0 Å². The molecule has 0 atom stereocenters. The Bertz CT molecular complexity index is 638. The van der Waals surface area contributed by atoms with Crippen LogP contribution < -0.4 is 10.1 Å². The summed E-state index contributed by atoms with van der Waals surface area (Å²) in [6.07, 6.45) is 3.16. The van der Waals surface area contributed by atoms with Gasteiger partial charge in [0.1, 0.15) is 5.75 Å². The highest BCUT2D eigenvalue weighted by Crippen LogP contribution is 2.23. The fourth-order valence-electron chi connectivity index (χ4n) is 1.70. The van der Waals surface area contributed by atoms with Gasteiger partial charge in [0.15, 0.2) is 0 Å². The average Bonchev–Trinajstić information content (AvgIpc) is 2.46. The number of carbonyl (C=O) groups excluding carboxylic acids is 1. The SMILES string of the molecule is COc1ccccc1NC(=O)/C=C/c1cccc(Cl)c1. The zero-order chi connectivity index (χ0) is 14.4.